The third-order valence-electron chi connectivity index (χ3n) is 5.83. The van der Waals surface area contributed by atoms with Gasteiger partial charge >= 0.3 is 12.1 Å². The molecule has 0 radical (unpaired) electrons. The van der Waals surface area contributed by atoms with Gasteiger partial charge in [-0.05, 0) is 28.7 Å². The number of halogens is 2. The third-order valence-corrected chi connectivity index (χ3v) is 5.83. The average molecular weight is 475 g/mol. The van der Waals surface area contributed by atoms with Crippen LogP contribution >= 0.6 is 0 Å². The molecule has 0 fully saturated rings. The second-order valence-corrected chi connectivity index (χ2v) is 8.19. The average Bonchev–Trinajstić information content (AvgIpc) is 3.13. The lowest BCUT2D eigenvalue weighted by Crippen LogP contribution is -2.52. The van der Waals surface area contributed by atoms with E-state index in [0.717, 1.165) is 28.7 Å². The van der Waals surface area contributed by atoms with Gasteiger partial charge in [-0.2, -0.15) is 0 Å². The highest BCUT2D eigenvalue weighted by Crippen LogP contribution is 2.44. The molecule has 182 valence electrons. The number of fused-ring (bicyclic) bond motifs is 3. The molecular weight excluding hydrogens is 446 g/mol. The van der Waals surface area contributed by atoms with Crippen molar-refractivity contribution in [1.29, 1.82) is 0 Å². The number of alkyl carbamates (subject to hydrolysis) is 1. The number of hydrogen-bond acceptors (Lipinski definition) is 4. The van der Waals surface area contributed by atoms with Crippen LogP contribution in [0.25, 0.3) is 11.1 Å². The molecule has 1 aliphatic carbocycles. The predicted molar refractivity (Wildman–Crippen MR) is 122 cm³/mol. The first-order valence-corrected chi connectivity index (χ1v) is 11.2. The minimum atomic E-state index is -2.90. The number of rotatable bonds is 11. The molecule has 0 bridgehead atoms. The van der Waals surface area contributed by atoms with Gasteiger partial charge in [-0.15, -0.1) is 0 Å². The SMILES string of the molecule is CCCC[C@H](NC(=O)OCC1c2ccccc2-c2ccccc21)C(=O)NC(CC(F)F)C(=O)O. The Morgan fingerprint density at radius 1 is 0.971 bits per heavy atom. The number of amides is 2. The first-order valence-electron chi connectivity index (χ1n) is 11.2. The number of unbranched alkanes of at least 4 members (excludes halogenated alkanes) is 1. The number of carbonyl (C=O) groups is 3. The van der Waals surface area contributed by atoms with E-state index in [0.29, 0.717) is 6.42 Å². The molecule has 3 N–H and O–H groups in total. The highest BCUT2D eigenvalue weighted by Gasteiger charge is 2.31. The molecule has 34 heavy (non-hydrogen) atoms. The number of aliphatic carboxylic acids is 1. The number of carboxylic acids is 1. The molecular formula is C25H28F2N2O5. The van der Waals surface area contributed by atoms with Crippen molar-refractivity contribution in [2.24, 2.45) is 0 Å². The fourth-order valence-corrected chi connectivity index (χ4v) is 4.13. The lowest BCUT2D eigenvalue weighted by Gasteiger charge is -2.22. The van der Waals surface area contributed by atoms with Crippen molar-refractivity contribution in [3.8, 4) is 11.1 Å². The number of carboxylic acid groups (broad SMARTS) is 1. The Hall–Kier alpha value is -3.49. The number of nitrogens with one attached hydrogen (secondary N) is 2. The summed E-state index contributed by atoms with van der Waals surface area (Å²) < 4.78 is 30.8. The lowest BCUT2D eigenvalue weighted by molar-refractivity contribution is -0.143. The van der Waals surface area contributed by atoms with Crippen LogP contribution in [0.5, 0.6) is 0 Å². The Morgan fingerprint density at radius 3 is 2.09 bits per heavy atom. The first kappa shape index (κ1) is 25.1. The van der Waals surface area contributed by atoms with Crippen LogP contribution in [0.4, 0.5) is 13.6 Å². The van der Waals surface area contributed by atoms with Crippen LogP contribution in [0, 0.1) is 0 Å². The topological polar surface area (TPSA) is 105 Å². The highest BCUT2D eigenvalue weighted by atomic mass is 19.3. The Morgan fingerprint density at radius 2 is 1.56 bits per heavy atom. The van der Waals surface area contributed by atoms with Gasteiger partial charge in [0.25, 0.3) is 0 Å². The van der Waals surface area contributed by atoms with Crippen molar-refractivity contribution < 1.29 is 33.0 Å². The summed E-state index contributed by atoms with van der Waals surface area (Å²) in [6, 6.07) is 12.9. The molecule has 1 aliphatic rings. The van der Waals surface area contributed by atoms with Gasteiger partial charge in [-0.25, -0.2) is 18.4 Å². The zero-order valence-corrected chi connectivity index (χ0v) is 18.8. The van der Waals surface area contributed by atoms with Crippen molar-refractivity contribution >= 4 is 18.0 Å². The van der Waals surface area contributed by atoms with Crippen LogP contribution in [0.15, 0.2) is 48.5 Å². The molecule has 0 spiro atoms. The highest BCUT2D eigenvalue weighted by molar-refractivity contribution is 5.89. The quantitative estimate of drug-likeness (QED) is 0.450. The minimum absolute atomic E-state index is 0.0467. The Bertz CT molecular complexity index is 984. The summed E-state index contributed by atoms with van der Waals surface area (Å²) in [5, 5.41) is 13.7. The second-order valence-electron chi connectivity index (χ2n) is 8.19. The van der Waals surface area contributed by atoms with E-state index in [1.54, 1.807) is 0 Å². The van der Waals surface area contributed by atoms with Crippen LogP contribution in [0.3, 0.4) is 0 Å². The van der Waals surface area contributed by atoms with Crippen molar-refractivity contribution in [3.05, 3.63) is 59.7 Å². The van der Waals surface area contributed by atoms with Crippen LogP contribution in [0.1, 0.15) is 49.7 Å². The van der Waals surface area contributed by atoms with Gasteiger partial charge in [-0.1, -0.05) is 68.3 Å². The fraction of sp³-hybridized carbons (Fsp3) is 0.400. The van der Waals surface area contributed by atoms with Gasteiger partial charge in [0.2, 0.25) is 12.3 Å². The zero-order valence-electron chi connectivity index (χ0n) is 18.8. The summed E-state index contributed by atoms with van der Waals surface area (Å²) >= 11 is 0. The maximum atomic E-state index is 12.7. The van der Waals surface area contributed by atoms with E-state index < -0.39 is 42.9 Å². The minimum Gasteiger partial charge on any atom is -0.480 e. The van der Waals surface area contributed by atoms with Crippen LogP contribution in [-0.4, -0.2) is 48.2 Å². The standard InChI is InChI=1S/C25H28F2N2O5/c1-2-3-12-20(23(30)28-21(24(31)32)13-22(26)27)29-25(33)34-14-19-17-10-6-4-8-15(17)16-9-5-7-11-18(16)19/h4-11,19-22H,2-3,12-14H2,1H3,(H,28,30)(H,29,33)(H,31,32)/t20-,21?/m0/s1. The summed E-state index contributed by atoms with van der Waals surface area (Å²) in [6.07, 6.45) is -3.26. The molecule has 1 unspecified atom stereocenters. The summed E-state index contributed by atoms with van der Waals surface area (Å²) in [6.45, 7) is 1.93. The molecule has 2 atom stereocenters. The molecule has 0 saturated heterocycles. The first-order chi connectivity index (χ1) is 16.3. The van der Waals surface area contributed by atoms with Crippen molar-refractivity contribution in [2.45, 2.75) is 57.0 Å². The lowest BCUT2D eigenvalue weighted by atomic mass is 9.98. The van der Waals surface area contributed by atoms with Crippen molar-refractivity contribution in [2.75, 3.05) is 6.61 Å². The largest absolute Gasteiger partial charge is 0.480 e. The van der Waals surface area contributed by atoms with Gasteiger partial charge in [0.05, 0.1) is 0 Å². The Labute approximate surface area is 196 Å². The molecule has 2 aromatic carbocycles. The molecule has 0 aliphatic heterocycles. The maximum absolute atomic E-state index is 12.7. The molecule has 2 amide bonds. The molecule has 0 aromatic heterocycles. The van der Waals surface area contributed by atoms with E-state index in [2.05, 4.69) is 10.6 Å². The van der Waals surface area contributed by atoms with Gasteiger partial charge < -0.3 is 20.5 Å². The van der Waals surface area contributed by atoms with Crippen LogP contribution in [0.2, 0.25) is 0 Å². The Kier molecular flexibility index (Phi) is 8.56. The van der Waals surface area contributed by atoms with Gasteiger partial charge in [0.15, 0.2) is 0 Å². The van der Waals surface area contributed by atoms with E-state index in [9.17, 15) is 23.2 Å². The number of ether oxygens (including phenoxy) is 1. The molecule has 7 nitrogen and oxygen atoms in total. The molecule has 0 heterocycles. The third kappa shape index (κ3) is 6.09. The maximum Gasteiger partial charge on any atom is 0.407 e. The van der Waals surface area contributed by atoms with E-state index in [1.165, 1.54) is 0 Å². The number of hydrogen-bond donors (Lipinski definition) is 3. The van der Waals surface area contributed by atoms with E-state index in [1.807, 2.05) is 55.5 Å². The molecule has 9 heteroatoms. The summed E-state index contributed by atoms with van der Waals surface area (Å²) in [5.41, 5.74) is 4.22. The second kappa shape index (κ2) is 11.6. The van der Waals surface area contributed by atoms with Crippen LogP contribution in [-0.2, 0) is 14.3 Å². The Balaban J connectivity index is 1.65. The van der Waals surface area contributed by atoms with Gasteiger partial charge in [0, 0.05) is 12.3 Å². The number of alkyl halides is 2. The number of carbonyl (C=O) groups excluding carboxylic acids is 2. The van der Waals surface area contributed by atoms with Crippen molar-refractivity contribution in [1.82, 2.24) is 10.6 Å². The van der Waals surface area contributed by atoms with Crippen LogP contribution < -0.4 is 10.6 Å². The van der Waals surface area contributed by atoms with E-state index >= 15 is 0 Å². The smallest absolute Gasteiger partial charge is 0.407 e. The summed E-state index contributed by atoms with van der Waals surface area (Å²) in [4.78, 5) is 36.3. The normalized spacial score (nSPS) is 14.1. The molecule has 2 aromatic rings. The monoisotopic (exact) mass is 474 g/mol. The summed E-state index contributed by atoms with van der Waals surface area (Å²) in [5.74, 6) is -2.57. The molecule has 0 saturated carbocycles. The van der Waals surface area contributed by atoms with Gasteiger partial charge in [-0.3, -0.25) is 4.79 Å². The van der Waals surface area contributed by atoms with Crippen molar-refractivity contribution in [3.63, 3.8) is 0 Å². The number of benzene rings is 2. The summed E-state index contributed by atoms with van der Waals surface area (Å²) in [7, 11) is 0. The predicted octanol–water partition coefficient (Wildman–Crippen LogP) is 4.31. The van der Waals surface area contributed by atoms with E-state index in [4.69, 9.17) is 9.84 Å². The molecule has 3 rings (SSSR count). The zero-order chi connectivity index (χ0) is 24.7. The fourth-order valence-electron chi connectivity index (χ4n) is 4.13. The van der Waals surface area contributed by atoms with E-state index in [-0.39, 0.29) is 18.9 Å². The van der Waals surface area contributed by atoms with Gasteiger partial charge in [0.1, 0.15) is 18.7 Å².